The highest BCUT2D eigenvalue weighted by atomic mass is 79.9. The maximum Gasteiger partial charge on any atom is 0.121 e. The summed E-state index contributed by atoms with van der Waals surface area (Å²) in [4.78, 5) is 0. The van der Waals surface area contributed by atoms with Crippen LogP contribution in [0.3, 0.4) is 0 Å². The summed E-state index contributed by atoms with van der Waals surface area (Å²) in [6.07, 6.45) is 0. The first-order valence-electron chi connectivity index (χ1n) is 4.65. The number of hydrogen-bond donors (Lipinski definition) is 1. The van der Waals surface area contributed by atoms with Gasteiger partial charge in [0.15, 0.2) is 0 Å². The predicted molar refractivity (Wildman–Crippen MR) is 62.4 cm³/mol. The van der Waals surface area contributed by atoms with Gasteiger partial charge in [-0.1, -0.05) is 28.1 Å². The van der Waals surface area contributed by atoms with Crippen LogP contribution < -0.4 is 5.32 Å². The molecule has 0 bridgehead atoms. The van der Waals surface area contributed by atoms with Crippen LogP contribution in [0.4, 0.5) is 0 Å². The van der Waals surface area contributed by atoms with Crippen LogP contribution in [0.15, 0.2) is 28.7 Å². The van der Waals surface area contributed by atoms with Crippen LogP contribution >= 0.6 is 15.9 Å². The molecule has 0 aliphatic heterocycles. The highest BCUT2D eigenvalue weighted by Crippen LogP contribution is 2.17. The lowest BCUT2D eigenvalue weighted by Crippen LogP contribution is -2.23. The van der Waals surface area contributed by atoms with Crippen molar-refractivity contribution in [3.05, 3.63) is 34.3 Å². The molecule has 0 radical (unpaired) electrons. The Balaban J connectivity index is 2.63. The first kappa shape index (κ1) is 12.2. The number of nitrogens with zero attached hydrogens (tertiary/aromatic N) is 1. The van der Waals surface area contributed by atoms with Crippen molar-refractivity contribution in [2.45, 2.75) is 6.04 Å². The van der Waals surface area contributed by atoms with Gasteiger partial charge in [0.25, 0.3) is 0 Å². The number of halogens is 1. The SMILES string of the molecule is COCCN[C@@H](C#N)c1cccc(Br)c1. The van der Waals surface area contributed by atoms with E-state index in [0.29, 0.717) is 13.2 Å². The van der Waals surface area contributed by atoms with E-state index in [0.717, 1.165) is 10.0 Å². The van der Waals surface area contributed by atoms with Gasteiger partial charge >= 0.3 is 0 Å². The second-order valence-electron chi connectivity index (χ2n) is 3.06. The highest BCUT2D eigenvalue weighted by Gasteiger charge is 2.08. The van der Waals surface area contributed by atoms with Crippen molar-refractivity contribution < 1.29 is 4.74 Å². The summed E-state index contributed by atoms with van der Waals surface area (Å²) in [5.41, 5.74) is 0.961. The second-order valence-corrected chi connectivity index (χ2v) is 3.98. The zero-order valence-electron chi connectivity index (χ0n) is 8.53. The second kappa shape index (κ2) is 6.57. The van der Waals surface area contributed by atoms with Gasteiger partial charge in [-0.05, 0) is 17.7 Å². The van der Waals surface area contributed by atoms with Gasteiger partial charge in [-0.3, -0.25) is 5.32 Å². The Labute approximate surface area is 98.2 Å². The minimum atomic E-state index is -0.280. The van der Waals surface area contributed by atoms with Gasteiger partial charge in [0, 0.05) is 18.1 Å². The average molecular weight is 269 g/mol. The van der Waals surface area contributed by atoms with Gasteiger partial charge in [0.05, 0.1) is 12.7 Å². The summed E-state index contributed by atoms with van der Waals surface area (Å²) in [7, 11) is 1.64. The smallest absolute Gasteiger partial charge is 0.121 e. The fourth-order valence-corrected chi connectivity index (χ4v) is 1.65. The van der Waals surface area contributed by atoms with Crippen molar-refractivity contribution in [2.24, 2.45) is 0 Å². The molecule has 0 aromatic heterocycles. The number of hydrogen-bond acceptors (Lipinski definition) is 3. The molecule has 15 heavy (non-hydrogen) atoms. The molecule has 1 rings (SSSR count). The topological polar surface area (TPSA) is 45.0 Å². The molecule has 0 saturated carbocycles. The van der Waals surface area contributed by atoms with Gasteiger partial charge in [-0.15, -0.1) is 0 Å². The minimum absolute atomic E-state index is 0.280. The largest absolute Gasteiger partial charge is 0.383 e. The fourth-order valence-electron chi connectivity index (χ4n) is 1.23. The van der Waals surface area contributed by atoms with E-state index in [1.165, 1.54) is 0 Å². The van der Waals surface area contributed by atoms with Crippen molar-refractivity contribution in [3.8, 4) is 6.07 Å². The van der Waals surface area contributed by atoms with E-state index in [1.807, 2.05) is 24.3 Å². The zero-order chi connectivity index (χ0) is 11.1. The van der Waals surface area contributed by atoms with Crippen LogP contribution in [0, 0.1) is 11.3 Å². The zero-order valence-corrected chi connectivity index (χ0v) is 10.1. The lowest BCUT2D eigenvalue weighted by molar-refractivity contribution is 0.198. The number of nitriles is 1. The Hall–Kier alpha value is -0.890. The van der Waals surface area contributed by atoms with Gasteiger partial charge in [-0.25, -0.2) is 0 Å². The van der Waals surface area contributed by atoms with Gasteiger partial charge in [0.1, 0.15) is 6.04 Å². The van der Waals surface area contributed by atoms with Crippen LogP contribution in [0.2, 0.25) is 0 Å². The van der Waals surface area contributed by atoms with E-state index in [2.05, 4.69) is 27.3 Å². The van der Waals surface area contributed by atoms with Crippen LogP contribution in [0.25, 0.3) is 0 Å². The minimum Gasteiger partial charge on any atom is -0.383 e. The first-order chi connectivity index (χ1) is 7.27. The monoisotopic (exact) mass is 268 g/mol. The van der Waals surface area contributed by atoms with E-state index in [9.17, 15) is 0 Å². The van der Waals surface area contributed by atoms with E-state index in [1.54, 1.807) is 7.11 Å². The number of methoxy groups -OCH3 is 1. The Morgan fingerprint density at radius 2 is 2.40 bits per heavy atom. The first-order valence-corrected chi connectivity index (χ1v) is 5.44. The Morgan fingerprint density at radius 3 is 3.00 bits per heavy atom. The summed E-state index contributed by atoms with van der Waals surface area (Å²) in [5.74, 6) is 0. The highest BCUT2D eigenvalue weighted by molar-refractivity contribution is 9.10. The summed E-state index contributed by atoms with van der Waals surface area (Å²) in [6.45, 7) is 1.27. The quantitative estimate of drug-likeness (QED) is 0.834. The molecule has 0 spiro atoms. The van der Waals surface area contributed by atoms with Crippen molar-refractivity contribution in [2.75, 3.05) is 20.3 Å². The summed E-state index contributed by atoms with van der Waals surface area (Å²) in [6, 6.07) is 9.66. The summed E-state index contributed by atoms with van der Waals surface area (Å²) in [5, 5.41) is 12.1. The molecule has 1 aromatic rings. The molecule has 80 valence electrons. The molecule has 1 N–H and O–H groups in total. The third kappa shape index (κ3) is 4.00. The maximum absolute atomic E-state index is 9.00. The molecule has 4 heteroatoms. The van der Waals surface area contributed by atoms with Crippen molar-refractivity contribution in [1.82, 2.24) is 5.32 Å². The number of rotatable bonds is 5. The molecule has 1 aromatic carbocycles. The lowest BCUT2D eigenvalue weighted by Gasteiger charge is -2.11. The normalized spacial score (nSPS) is 12.1. The maximum atomic E-state index is 9.00. The fraction of sp³-hybridized carbons (Fsp3) is 0.364. The van der Waals surface area contributed by atoms with Crippen molar-refractivity contribution >= 4 is 15.9 Å². The predicted octanol–water partition coefficient (Wildman–Crippen LogP) is 2.25. The lowest BCUT2D eigenvalue weighted by atomic mass is 10.1. The summed E-state index contributed by atoms with van der Waals surface area (Å²) < 4.78 is 5.90. The van der Waals surface area contributed by atoms with Crippen molar-refractivity contribution in [1.29, 1.82) is 5.26 Å². The number of nitrogens with one attached hydrogen (secondary N) is 1. The molecule has 0 unspecified atom stereocenters. The molecule has 0 aliphatic carbocycles. The Kier molecular flexibility index (Phi) is 5.33. The standard InChI is InChI=1S/C11H13BrN2O/c1-15-6-5-14-11(8-13)9-3-2-4-10(12)7-9/h2-4,7,11,14H,5-6H2,1H3/t11-/m0/s1. The van der Waals surface area contributed by atoms with E-state index >= 15 is 0 Å². The van der Waals surface area contributed by atoms with Crippen LogP contribution in [-0.4, -0.2) is 20.3 Å². The molecular formula is C11H13BrN2O. The molecule has 0 fully saturated rings. The van der Waals surface area contributed by atoms with Gasteiger partial charge < -0.3 is 4.74 Å². The molecule has 0 amide bonds. The van der Waals surface area contributed by atoms with Crippen LogP contribution in [0.5, 0.6) is 0 Å². The van der Waals surface area contributed by atoms with Gasteiger partial charge in [-0.2, -0.15) is 5.26 Å². The van der Waals surface area contributed by atoms with E-state index in [-0.39, 0.29) is 6.04 Å². The molecular weight excluding hydrogens is 256 g/mol. The van der Waals surface area contributed by atoms with Crippen molar-refractivity contribution in [3.63, 3.8) is 0 Å². The van der Waals surface area contributed by atoms with Gasteiger partial charge in [0.2, 0.25) is 0 Å². The number of ether oxygens (including phenoxy) is 1. The molecule has 3 nitrogen and oxygen atoms in total. The molecule has 0 saturated heterocycles. The Bertz CT molecular complexity index is 349. The van der Waals surface area contributed by atoms with Crippen LogP contribution in [0.1, 0.15) is 11.6 Å². The van der Waals surface area contributed by atoms with E-state index in [4.69, 9.17) is 10.00 Å². The average Bonchev–Trinajstić information content (AvgIpc) is 2.24. The molecule has 0 heterocycles. The summed E-state index contributed by atoms with van der Waals surface area (Å²) >= 11 is 3.38. The van der Waals surface area contributed by atoms with Crippen LogP contribution in [-0.2, 0) is 4.74 Å². The molecule has 0 aliphatic rings. The third-order valence-corrected chi connectivity index (χ3v) is 2.46. The molecule has 1 atom stereocenters. The van der Waals surface area contributed by atoms with E-state index < -0.39 is 0 Å². The third-order valence-electron chi connectivity index (χ3n) is 1.97. The Morgan fingerprint density at radius 1 is 1.60 bits per heavy atom. The number of benzene rings is 1.